The van der Waals surface area contributed by atoms with Crippen molar-refractivity contribution in [3.05, 3.63) is 36.0 Å². The maximum Gasteiger partial charge on any atom is 0.299 e. The molecular weight excluding hydrogens is 314 g/mol. The van der Waals surface area contributed by atoms with Gasteiger partial charge in [-0.15, -0.1) is 10.2 Å². The summed E-state index contributed by atoms with van der Waals surface area (Å²) < 4.78 is 1.83. The third-order valence-electron chi connectivity index (χ3n) is 3.74. The van der Waals surface area contributed by atoms with Crippen molar-refractivity contribution in [1.82, 2.24) is 19.7 Å². The van der Waals surface area contributed by atoms with Gasteiger partial charge in [0.2, 0.25) is 5.95 Å². The first-order valence-electron chi connectivity index (χ1n) is 7.22. The minimum absolute atomic E-state index is 0.324. The first-order valence-corrected chi connectivity index (χ1v) is 8.20. The lowest BCUT2D eigenvalue weighted by Gasteiger charge is -2.13. The van der Waals surface area contributed by atoms with Gasteiger partial charge < -0.3 is 4.98 Å². The molecule has 4 rings (SSSR count). The van der Waals surface area contributed by atoms with Gasteiger partial charge in [0.1, 0.15) is 0 Å². The number of rotatable bonds is 3. The van der Waals surface area contributed by atoms with E-state index in [0.717, 1.165) is 34.8 Å². The van der Waals surface area contributed by atoms with E-state index in [9.17, 15) is 9.59 Å². The van der Waals surface area contributed by atoms with Gasteiger partial charge in [-0.25, -0.2) is 0 Å². The number of H-pyrrole nitrogens is 1. The van der Waals surface area contributed by atoms with E-state index in [1.807, 2.05) is 28.8 Å². The molecular formula is C15H13N5O2S. The normalized spacial score (nSPS) is 13.7. The number of nitrogens with zero attached hydrogens (tertiary/aromatic N) is 3. The molecule has 2 N–H and O–H groups in total. The fourth-order valence-corrected chi connectivity index (χ4v) is 3.50. The van der Waals surface area contributed by atoms with Crippen LogP contribution in [-0.4, -0.2) is 37.2 Å². The number of fused-ring (bicyclic) bond motifs is 2. The molecule has 0 unspecified atom stereocenters. The second-order valence-electron chi connectivity index (χ2n) is 5.19. The number of aromatic amines is 1. The van der Waals surface area contributed by atoms with Crippen molar-refractivity contribution in [2.45, 2.75) is 18.1 Å². The highest BCUT2D eigenvalue weighted by molar-refractivity contribution is 7.99. The van der Waals surface area contributed by atoms with Crippen LogP contribution in [0.15, 0.2) is 35.6 Å². The number of aromatic nitrogens is 4. The Bertz CT molecular complexity index is 914. The number of benzene rings is 1. The SMILES string of the molecule is O=C(Nc1nnc2n1CCCS2)C(=O)c1c[nH]c2ccccc12. The summed E-state index contributed by atoms with van der Waals surface area (Å²) in [5, 5.41) is 12.1. The van der Waals surface area contributed by atoms with Crippen LogP contribution in [0, 0.1) is 0 Å². The summed E-state index contributed by atoms with van der Waals surface area (Å²) in [6, 6.07) is 7.36. The first-order chi connectivity index (χ1) is 11.2. The number of carbonyl (C=O) groups is 2. The number of carbonyl (C=O) groups excluding carboxylic acids is 2. The van der Waals surface area contributed by atoms with Gasteiger partial charge in [0.15, 0.2) is 5.16 Å². The van der Waals surface area contributed by atoms with E-state index in [2.05, 4.69) is 20.5 Å². The summed E-state index contributed by atoms with van der Waals surface area (Å²) in [4.78, 5) is 27.7. The summed E-state index contributed by atoms with van der Waals surface area (Å²) in [6.07, 6.45) is 2.54. The predicted octanol–water partition coefficient (Wildman–Crippen LogP) is 2.08. The van der Waals surface area contributed by atoms with Crippen LogP contribution in [0.25, 0.3) is 10.9 Å². The number of thioether (sulfide) groups is 1. The van der Waals surface area contributed by atoms with E-state index < -0.39 is 11.7 Å². The first kappa shape index (κ1) is 14.0. The Kier molecular flexibility index (Phi) is 3.38. The molecule has 3 heterocycles. The molecule has 7 nitrogen and oxygen atoms in total. The minimum atomic E-state index is -0.708. The molecule has 0 aliphatic carbocycles. The van der Waals surface area contributed by atoms with Crippen molar-refractivity contribution >= 4 is 40.3 Å². The molecule has 0 atom stereocenters. The third-order valence-corrected chi connectivity index (χ3v) is 4.79. The van der Waals surface area contributed by atoms with Gasteiger partial charge in [0, 0.05) is 29.4 Å². The Morgan fingerprint density at radius 3 is 3.04 bits per heavy atom. The zero-order valence-electron chi connectivity index (χ0n) is 12.1. The highest BCUT2D eigenvalue weighted by Crippen LogP contribution is 2.25. The molecule has 0 saturated heterocycles. The predicted molar refractivity (Wildman–Crippen MR) is 86.6 cm³/mol. The van der Waals surface area contributed by atoms with Crippen molar-refractivity contribution in [3.8, 4) is 0 Å². The van der Waals surface area contributed by atoms with E-state index in [0.29, 0.717) is 11.5 Å². The standard InChI is InChI=1S/C15H13N5O2S/c21-12(10-8-16-11-5-2-1-4-9(10)11)13(22)17-14-18-19-15-20(14)6-3-7-23-15/h1-2,4-5,8,16H,3,6-7H2,(H,17,18,22). The maximum absolute atomic E-state index is 12.4. The van der Waals surface area contributed by atoms with Crippen LogP contribution in [-0.2, 0) is 11.3 Å². The van der Waals surface area contributed by atoms with Gasteiger partial charge in [-0.3, -0.25) is 19.5 Å². The monoisotopic (exact) mass is 327 g/mol. The molecule has 1 aliphatic heterocycles. The van der Waals surface area contributed by atoms with Crippen molar-refractivity contribution in [2.24, 2.45) is 0 Å². The summed E-state index contributed by atoms with van der Waals surface area (Å²) in [6.45, 7) is 0.742. The van der Waals surface area contributed by atoms with Crippen LogP contribution in [0.4, 0.5) is 5.95 Å². The van der Waals surface area contributed by atoms with Crippen molar-refractivity contribution in [1.29, 1.82) is 0 Å². The quantitative estimate of drug-likeness (QED) is 0.567. The van der Waals surface area contributed by atoms with Crippen LogP contribution in [0.5, 0.6) is 0 Å². The van der Waals surface area contributed by atoms with E-state index in [4.69, 9.17) is 0 Å². The van der Waals surface area contributed by atoms with Crippen LogP contribution in [0.1, 0.15) is 16.8 Å². The summed E-state index contributed by atoms with van der Waals surface area (Å²) in [5.74, 6) is 0.00885. The molecule has 8 heteroatoms. The molecule has 3 aromatic rings. The Balaban J connectivity index is 1.59. The van der Waals surface area contributed by atoms with Gasteiger partial charge in [0.25, 0.3) is 11.7 Å². The number of anilines is 1. The van der Waals surface area contributed by atoms with E-state index in [1.54, 1.807) is 18.0 Å². The number of para-hydroxylation sites is 1. The number of nitrogens with one attached hydrogen (secondary N) is 2. The van der Waals surface area contributed by atoms with Crippen molar-refractivity contribution in [3.63, 3.8) is 0 Å². The van der Waals surface area contributed by atoms with Gasteiger partial charge >= 0.3 is 0 Å². The highest BCUT2D eigenvalue weighted by Gasteiger charge is 2.23. The summed E-state index contributed by atoms with van der Waals surface area (Å²) in [5.41, 5.74) is 1.17. The number of ketones is 1. The molecule has 0 bridgehead atoms. The molecule has 0 spiro atoms. The highest BCUT2D eigenvalue weighted by atomic mass is 32.2. The smallest absolute Gasteiger partial charge is 0.299 e. The van der Waals surface area contributed by atoms with Gasteiger partial charge in [0.05, 0.1) is 5.56 Å². The fourth-order valence-electron chi connectivity index (χ4n) is 2.62. The average molecular weight is 327 g/mol. The molecule has 0 fully saturated rings. The second kappa shape index (κ2) is 5.54. The maximum atomic E-state index is 12.4. The number of hydrogen-bond acceptors (Lipinski definition) is 5. The molecule has 1 aliphatic rings. The number of amides is 1. The minimum Gasteiger partial charge on any atom is -0.360 e. The molecule has 0 radical (unpaired) electrons. The van der Waals surface area contributed by atoms with Crippen LogP contribution >= 0.6 is 11.8 Å². The zero-order valence-corrected chi connectivity index (χ0v) is 12.9. The Labute approximate surface area is 135 Å². The van der Waals surface area contributed by atoms with Crippen LogP contribution < -0.4 is 5.32 Å². The third kappa shape index (κ3) is 2.40. The second-order valence-corrected chi connectivity index (χ2v) is 6.25. The van der Waals surface area contributed by atoms with E-state index in [-0.39, 0.29) is 0 Å². The van der Waals surface area contributed by atoms with Gasteiger partial charge in [-0.05, 0) is 12.5 Å². The molecule has 23 heavy (non-hydrogen) atoms. The molecule has 0 saturated carbocycles. The topological polar surface area (TPSA) is 92.7 Å². The molecule has 2 aromatic heterocycles. The fraction of sp³-hybridized carbons (Fsp3) is 0.200. The Morgan fingerprint density at radius 2 is 2.13 bits per heavy atom. The van der Waals surface area contributed by atoms with Gasteiger partial charge in [-0.1, -0.05) is 30.0 Å². The summed E-state index contributed by atoms with van der Waals surface area (Å²) in [7, 11) is 0. The van der Waals surface area contributed by atoms with E-state index >= 15 is 0 Å². The van der Waals surface area contributed by atoms with Crippen molar-refractivity contribution in [2.75, 3.05) is 11.1 Å². The Morgan fingerprint density at radius 1 is 1.26 bits per heavy atom. The number of hydrogen-bond donors (Lipinski definition) is 2. The van der Waals surface area contributed by atoms with E-state index in [1.165, 1.54) is 0 Å². The zero-order chi connectivity index (χ0) is 15.8. The average Bonchev–Trinajstić information content (AvgIpc) is 3.19. The Hall–Kier alpha value is -2.61. The molecule has 1 amide bonds. The van der Waals surface area contributed by atoms with Gasteiger partial charge in [-0.2, -0.15) is 0 Å². The lowest BCUT2D eigenvalue weighted by atomic mass is 10.1. The molecule has 116 valence electrons. The lowest BCUT2D eigenvalue weighted by Crippen LogP contribution is -2.25. The summed E-state index contributed by atoms with van der Waals surface area (Å²) >= 11 is 1.59. The largest absolute Gasteiger partial charge is 0.360 e. The number of Topliss-reactive ketones (excluding diaryl/α,β-unsaturated/α-hetero) is 1. The van der Waals surface area contributed by atoms with Crippen molar-refractivity contribution < 1.29 is 9.59 Å². The van der Waals surface area contributed by atoms with Crippen LogP contribution in [0.2, 0.25) is 0 Å². The lowest BCUT2D eigenvalue weighted by molar-refractivity contribution is -0.112. The molecule has 1 aromatic carbocycles. The van der Waals surface area contributed by atoms with Crippen LogP contribution in [0.3, 0.4) is 0 Å².